The van der Waals surface area contributed by atoms with Crippen molar-refractivity contribution in [3.05, 3.63) is 82.4 Å². The number of aromatic hydroxyl groups is 2. The standard InChI is InChI=1S/C22H14O7/c1-27-20(25)13-3-2-4-14-19(13)22(29-21(14)26)15-7-5-11(23)9-17(15)28-18-10-12(24)6-8-16(18)22/h2-10,23-24H,1H3. The molecule has 0 saturated heterocycles. The zero-order chi connectivity index (χ0) is 20.3. The van der Waals surface area contributed by atoms with E-state index in [-0.39, 0.29) is 34.1 Å². The third-order valence-electron chi connectivity index (χ3n) is 5.20. The number of fused-ring (bicyclic) bond motifs is 6. The zero-order valence-corrected chi connectivity index (χ0v) is 15.1. The molecular formula is C22H14O7. The molecule has 0 saturated carbocycles. The molecule has 2 N–H and O–H groups in total. The van der Waals surface area contributed by atoms with Gasteiger partial charge >= 0.3 is 11.9 Å². The molecule has 3 aromatic rings. The lowest BCUT2D eigenvalue weighted by Gasteiger charge is -2.37. The topological polar surface area (TPSA) is 102 Å². The number of phenolic OH excluding ortho intramolecular Hbond substituents is 2. The molecular weight excluding hydrogens is 376 g/mol. The molecule has 2 aliphatic heterocycles. The van der Waals surface area contributed by atoms with Crippen LogP contribution in [-0.2, 0) is 15.1 Å². The predicted molar refractivity (Wildman–Crippen MR) is 99.4 cm³/mol. The van der Waals surface area contributed by atoms with E-state index in [1.807, 2.05) is 0 Å². The summed E-state index contributed by atoms with van der Waals surface area (Å²) < 4.78 is 16.7. The first kappa shape index (κ1) is 17.1. The Morgan fingerprint density at radius 1 is 0.966 bits per heavy atom. The summed E-state index contributed by atoms with van der Waals surface area (Å²) in [6, 6.07) is 13.5. The Morgan fingerprint density at radius 2 is 1.59 bits per heavy atom. The van der Waals surface area contributed by atoms with Gasteiger partial charge in [0.1, 0.15) is 23.0 Å². The largest absolute Gasteiger partial charge is 0.508 e. The van der Waals surface area contributed by atoms with Gasteiger partial charge in [-0.15, -0.1) is 0 Å². The van der Waals surface area contributed by atoms with Gasteiger partial charge in [-0.25, -0.2) is 9.59 Å². The van der Waals surface area contributed by atoms with Crippen molar-refractivity contribution in [2.45, 2.75) is 5.60 Å². The molecule has 7 nitrogen and oxygen atoms in total. The predicted octanol–water partition coefficient (Wildman–Crippen LogP) is 3.45. The number of carbonyl (C=O) groups is 2. The average Bonchev–Trinajstić information content (AvgIpc) is 3.00. The molecule has 0 aliphatic carbocycles. The molecule has 0 bridgehead atoms. The Bertz CT molecular complexity index is 1160. The quantitative estimate of drug-likeness (QED) is 0.614. The summed E-state index contributed by atoms with van der Waals surface area (Å²) >= 11 is 0. The third-order valence-corrected chi connectivity index (χ3v) is 5.20. The molecule has 3 aromatic carbocycles. The molecule has 2 aliphatic rings. The van der Waals surface area contributed by atoms with Crippen LogP contribution >= 0.6 is 0 Å². The summed E-state index contributed by atoms with van der Waals surface area (Å²) in [5, 5.41) is 19.9. The second-order valence-corrected chi connectivity index (χ2v) is 6.75. The highest BCUT2D eigenvalue weighted by atomic mass is 16.6. The first-order valence-electron chi connectivity index (χ1n) is 8.75. The Labute approximate surface area is 164 Å². The monoisotopic (exact) mass is 390 g/mol. The van der Waals surface area contributed by atoms with Crippen molar-refractivity contribution in [3.8, 4) is 23.0 Å². The maximum absolute atomic E-state index is 12.8. The molecule has 0 aromatic heterocycles. The van der Waals surface area contributed by atoms with E-state index in [2.05, 4.69) is 0 Å². The summed E-state index contributed by atoms with van der Waals surface area (Å²) in [7, 11) is 1.26. The molecule has 29 heavy (non-hydrogen) atoms. The molecule has 0 atom stereocenters. The van der Waals surface area contributed by atoms with Crippen LogP contribution in [0.1, 0.15) is 37.4 Å². The summed E-state index contributed by atoms with van der Waals surface area (Å²) in [6.07, 6.45) is 0. The van der Waals surface area contributed by atoms with E-state index in [9.17, 15) is 19.8 Å². The van der Waals surface area contributed by atoms with Crippen LogP contribution in [-0.4, -0.2) is 29.3 Å². The SMILES string of the molecule is COC(=O)c1cccc2c1C1(OC2=O)c2ccc(O)cc2Oc2cc(O)ccc21. The average molecular weight is 390 g/mol. The van der Waals surface area contributed by atoms with Crippen LogP contribution in [0.3, 0.4) is 0 Å². The second kappa shape index (κ2) is 5.75. The fourth-order valence-electron chi connectivity index (χ4n) is 4.04. The number of ether oxygens (including phenoxy) is 3. The third kappa shape index (κ3) is 2.18. The van der Waals surface area contributed by atoms with E-state index in [4.69, 9.17) is 14.2 Å². The summed E-state index contributed by atoms with van der Waals surface area (Å²) in [6.45, 7) is 0. The van der Waals surface area contributed by atoms with Crippen molar-refractivity contribution in [1.29, 1.82) is 0 Å². The highest BCUT2D eigenvalue weighted by molar-refractivity contribution is 6.03. The molecule has 5 rings (SSSR count). The van der Waals surface area contributed by atoms with E-state index >= 15 is 0 Å². The molecule has 0 radical (unpaired) electrons. The van der Waals surface area contributed by atoms with E-state index in [0.717, 1.165) is 0 Å². The van der Waals surface area contributed by atoms with Crippen molar-refractivity contribution >= 4 is 11.9 Å². The number of hydrogen-bond acceptors (Lipinski definition) is 7. The molecule has 144 valence electrons. The van der Waals surface area contributed by atoms with Gasteiger partial charge in [0.25, 0.3) is 0 Å². The van der Waals surface area contributed by atoms with Gasteiger partial charge in [-0.1, -0.05) is 6.07 Å². The number of methoxy groups -OCH3 is 1. The first-order chi connectivity index (χ1) is 14.0. The lowest BCUT2D eigenvalue weighted by atomic mass is 9.76. The number of rotatable bonds is 1. The smallest absolute Gasteiger partial charge is 0.340 e. The van der Waals surface area contributed by atoms with Gasteiger partial charge in [0.05, 0.1) is 18.2 Å². The normalized spacial score (nSPS) is 15.0. The van der Waals surface area contributed by atoms with Crippen LogP contribution < -0.4 is 4.74 Å². The van der Waals surface area contributed by atoms with Gasteiger partial charge in [0, 0.05) is 28.8 Å². The fraction of sp³-hybridized carbons (Fsp3) is 0.0909. The van der Waals surface area contributed by atoms with E-state index < -0.39 is 17.5 Å². The van der Waals surface area contributed by atoms with Crippen LogP contribution in [0.15, 0.2) is 54.6 Å². The van der Waals surface area contributed by atoms with Crippen molar-refractivity contribution in [3.63, 3.8) is 0 Å². The van der Waals surface area contributed by atoms with Crippen LogP contribution in [0.25, 0.3) is 0 Å². The van der Waals surface area contributed by atoms with Crippen LogP contribution in [0.4, 0.5) is 0 Å². The number of esters is 2. The van der Waals surface area contributed by atoms with E-state index in [0.29, 0.717) is 16.7 Å². The number of phenols is 2. The van der Waals surface area contributed by atoms with Gasteiger partial charge in [0.2, 0.25) is 0 Å². The summed E-state index contributed by atoms with van der Waals surface area (Å²) in [5.41, 5.74) is 0.123. The molecule has 0 fully saturated rings. The zero-order valence-electron chi connectivity index (χ0n) is 15.1. The van der Waals surface area contributed by atoms with Gasteiger partial charge < -0.3 is 24.4 Å². The highest BCUT2D eigenvalue weighted by Gasteiger charge is 2.55. The van der Waals surface area contributed by atoms with E-state index in [1.54, 1.807) is 30.3 Å². The van der Waals surface area contributed by atoms with Crippen molar-refractivity contribution in [2.24, 2.45) is 0 Å². The van der Waals surface area contributed by atoms with Gasteiger partial charge in [-0.2, -0.15) is 0 Å². The maximum Gasteiger partial charge on any atom is 0.340 e. The fourth-order valence-corrected chi connectivity index (χ4v) is 4.04. The Balaban J connectivity index is 1.93. The minimum atomic E-state index is -1.50. The summed E-state index contributed by atoms with van der Waals surface area (Å²) in [4.78, 5) is 25.4. The molecule has 7 heteroatoms. The molecule has 1 spiro atoms. The van der Waals surface area contributed by atoms with Crippen LogP contribution in [0.5, 0.6) is 23.0 Å². The Kier molecular flexibility index (Phi) is 3.39. The number of carbonyl (C=O) groups excluding carboxylic acids is 2. The first-order valence-corrected chi connectivity index (χ1v) is 8.75. The second-order valence-electron chi connectivity index (χ2n) is 6.75. The van der Waals surface area contributed by atoms with Crippen LogP contribution in [0, 0.1) is 0 Å². The molecule has 0 unspecified atom stereocenters. The lowest BCUT2D eigenvalue weighted by Crippen LogP contribution is -2.34. The van der Waals surface area contributed by atoms with Crippen LogP contribution in [0.2, 0.25) is 0 Å². The van der Waals surface area contributed by atoms with E-state index in [1.165, 1.54) is 31.4 Å². The van der Waals surface area contributed by atoms with Gasteiger partial charge in [-0.3, -0.25) is 0 Å². The maximum atomic E-state index is 12.8. The minimum Gasteiger partial charge on any atom is -0.508 e. The lowest BCUT2D eigenvalue weighted by molar-refractivity contribution is 0.0217. The van der Waals surface area contributed by atoms with Gasteiger partial charge in [0.15, 0.2) is 5.60 Å². The summed E-state index contributed by atoms with van der Waals surface area (Å²) in [5.74, 6) is -0.842. The van der Waals surface area contributed by atoms with Crippen molar-refractivity contribution < 1.29 is 34.0 Å². The van der Waals surface area contributed by atoms with Gasteiger partial charge in [-0.05, 0) is 36.4 Å². The number of hydrogen-bond donors (Lipinski definition) is 2. The van der Waals surface area contributed by atoms with Crippen molar-refractivity contribution in [1.82, 2.24) is 0 Å². The number of benzene rings is 3. The van der Waals surface area contributed by atoms with Crippen molar-refractivity contribution in [2.75, 3.05) is 7.11 Å². The Morgan fingerprint density at radius 3 is 2.17 bits per heavy atom. The molecule has 2 heterocycles. The molecule has 0 amide bonds. The minimum absolute atomic E-state index is 0.0479. The highest BCUT2D eigenvalue weighted by Crippen LogP contribution is 2.57. The Hall–Kier alpha value is -4.00.